The van der Waals surface area contributed by atoms with Gasteiger partial charge in [-0.15, -0.1) is 0 Å². The molecule has 1 saturated carbocycles. The maximum absolute atomic E-state index is 14.4. The second-order valence-electron chi connectivity index (χ2n) is 14.9. The Labute approximate surface area is 318 Å². The highest BCUT2D eigenvalue weighted by Gasteiger charge is 2.53. The maximum atomic E-state index is 14.4. The van der Waals surface area contributed by atoms with Crippen LogP contribution in [0.4, 0.5) is 23.2 Å². The Morgan fingerprint density at radius 1 is 0.945 bits per heavy atom. The van der Waals surface area contributed by atoms with Gasteiger partial charge in [0.1, 0.15) is 28.7 Å². The molecule has 1 aliphatic carbocycles. The molecule has 55 heavy (non-hydrogen) atoms. The molecule has 4 aromatic carbocycles. The number of carbonyl (C=O) groups excluding carboxylic acids is 1. The lowest BCUT2D eigenvalue weighted by Crippen LogP contribution is -2.41. The van der Waals surface area contributed by atoms with E-state index in [2.05, 4.69) is 0 Å². The minimum atomic E-state index is -4.73. The van der Waals surface area contributed by atoms with E-state index in [1.54, 1.807) is 64.1 Å². The van der Waals surface area contributed by atoms with Gasteiger partial charge in [-0.25, -0.2) is 4.39 Å². The van der Waals surface area contributed by atoms with Crippen LogP contribution in [0.2, 0.25) is 0 Å². The number of carbonyl (C=O) groups is 1. The van der Waals surface area contributed by atoms with E-state index in [0.29, 0.717) is 28.1 Å². The molecule has 288 valence electrons. The molecule has 1 atom stereocenters. The summed E-state index contributed by atoms with van der Waals surface area (Å²) >= 11 is -2.82. The molecule has 2 aliphatic rings. The predicted octanol–water partition coefficient (Wildman–Crippen LogP) is 8.09. The van der Waals surface area contributed by atoms with Crippen molar-refractivity contribution in [1.82, 2.24) is 0 Å². The first kappa shape index (κ1) is 38.6. The molecule has 1 aromatic heterocycles. The van der Waals surface area contributed by atoms with Crippen molar-refractivity contribution in [2.45, 2.75) is 76.7 Å². The zero-order chi connectivity index (χ0) is 39.4. The van der Waals surface area contributed by atoms with E-state index in [-0.39, 0.29) is 59.1 Å². The molecule has 1 aliphatic heterocycles. The third kappa shape index (κ3) is 8.02. The van der Waals surface area contributed by atoms with Crippen molar-refractivity contribution >= 4 is 46.4 Å². The zero-order valence-electron chi connectivity index (χ0n) is 30.5. The van der Waals surface area contributed by atoms with Gasteiger partial charge in [-0.05, 0) is 124 Å². The van der Waals surface area contributed by atoms with E-state index in [9.17, 15) is 31.1 Å². The molecule has 15 heteroatoms. The van der Waals surface area contributed by atoms with Crippen LogP contribution in [0, 0.1) is 5.82 Å². The first-order valence-electron chi connectivity index (χ1n) is 17.7. The third-order valence-corrected chi connectivity index (χ3v) is 11.2. The summed E-state index contributed by atoms with van der Waals surface area (Å²) in [7, 11) is -1.24. The van der Waals surface area contributed by atoms with Crippen molar-refractivity contribution in [3.8, 4) is 11.5 Å². The van der Waals surface area contributed by atoms with Crippen molar-refractivity contribution in [1.29, 1.82) is 0 Å². The summed E-state index contributed by atoms with van der Waals surface area (Å²) < 4.78 is 107. The number of rotatable bonds is 12. The molecular weight excluding hydrogens is 739 g/mol. The van der Waals surface area contributed by atoms with Gasteiger partial charge in [0.2, 0.25) is 0 Å². The van der Waals surface area contributed by atoms with E-state index in [0.717, 1.165) is 28.8 Å². The number of benzene rings is 4. The minimum Gasteiger partial charge on any atom is -0.755 e. The summed E-state index contributed by atoms with van der Waals surface area (Å²) in [6, 6.07) is 19.7. The third-order valence-electron chi connectivity index (χ3n) is 10.5. The SMILES string of the molecule is CC1(C)OB(c2ccc(CCN(c3cc4oc(Cc5ccc(Oc6ccc(F)cc6)cc5)c(C(N)=O)c4cc3C3CC3)S(=O)[O-])cc2C(F)(F)F)OC1(C)C. The highest BCUT2D eigenvalue weighted by Crippen LogP contribution is 2.47. The van der Waals surface area contributed by atoms with Gasteiger partial charge in [-0.3, -0.25) is 9.00 Å². The van der Waals surface area contributed by atoms with Crippen LogP contribution in [0.25, 0.3) is 11.0 Å². The molecule has 1 amide bonds. The van der Waals surface area contributed by atoms with Crippen LogP contribution in [0.1, 0.15) is 84.8 Å². The Morgan fingerprint density at radius 2 is 1.55 bits per heavy atom. The Kier molecular flexibility index (Phi) is 10.1. The van der Waals surface area contributed by atoms with Gasteiger partial charge in [0, 0.05) is 35.7 Å². The first-order valence-corrected chi connectivity index (χ1v) is 18.8. The van der Waals surface area contributed by atoms with E-state index >= 15 is 0 Å². The Balaban J connectivity index is 1.16. The average molecular weight is 778 g/mol. The van der Waals surface area contributed by atoms with E-state index in [1.807, 2.05) is 0 Å². The van der Waals surface area contributed by atoms with Gasteiger partial charge in [-0.2, -0.15) is 13.2 Å². The molecule has 0 bridgehead atoms. The number of nitrogens with zero attached hydrogens (tertiary/aromatic N) is 1. The van der Waals surface area contributed by atoms with Crippen LogP contribution in [-0.2, 0) is 39.6 Å². The van der Waals surface area contributed by atoms with Gasteiger partial charge in [0.25, 0.3) is 5.91 Å². The van der Waals surface area contributed by atoms with Crippen molar-refractivity contribution in [3.05, 3.63) is 118 Å². The van der Waals surface area contributed by atoms with Crippen LogP contribution in [0.15, 0.2) is 83.3 Å². The number of anilines is 1. The van der Waals surface area contributed by atoms with Crippen LogP contribution in [-0.4, -0.2) is 39.5 Å². The van der Waals surface area contributed by atoms with Gasteiger partial charge in [0.15, 0.2) is 0 Å². The van der Waals surface area contributed by atoms with Gasteiger partial charge in [0.05, 0.1) is 28.0 Å². The Bertz CT molecular complexity index is 2260. The molecule has 2 fully saturated rings. The molecule has 2 N–H and O–H groups in total. The monoisotopic (exact) mass is 777 g/mol. The highest BCUT2D eigenvalue weighted by atomic mass is 32.2. The fourth-order valence-electron chi connectivity index (χ4n) is 6.72. The molecule has 1 saturated heterocycles. The molecule has 0 radical (unpaired) electrons. The number of hydrogen-bond acceptors (Lipinski definition) is 7. The van der Waals surface area contributed by atoms with Gasteiger partial charge in [-0.1, -0.05) is 24.3 Å². The maximum Gasteiger partial charge on any atom is 0.495 e. The molecular formula is C40H38BF4N2O7S-. The van der Waals surface area contributed by atoms with Crippen LogP contribution in [0.3, 0.4) is 0 Å². The summed E-state index contributed by atoms with van der Waals surface area (Å²) in [4.78, 5) is 12.8. The number of hydrogen-bond donors (Lipinski definition) is 1. The number of primary amides is 1. The molecule has 7 rings (SSSR count). The number of furan rings is 1. The number of fused-ring (bicyclic) bond motifs is 1. The number of amides is 1. The minimum absolute atomic E-state index is 0.00852. The van der Waals surface area contributed by atoms with Crippen molar-refractivity contribution in [2.24, 2.45) is 5.73 Å². The number of halogens is 4. The standard InChI is InChI=1S/C40H39BF4N2O7S/c1-38(2)39(3,4)54-41(53-38)32-16-7-24(19-31(32)40(43,44)45)17-18-47(55(49)50)33-22-34-30(21-29(33)25-8-9-25)36(37(46)48)35(52-34)20-23-5-12-27(13-6-23)51-28-14-10-26(42)11-15-28/h5-7,10-16,19,21-22,25H,8-9,17-18,20H2,1-4H3,(H2,46,48)(H,49,50)/p-1. The number of ether oxygens (including phenoxy) is 1. The Morgan fingerprint density at radius 3 is 2.11 bits per heavy atom. The van der Waals surface area contributed by atoms with E-state index < -0.39 is 47.2 Å². The summed E-state index contributed by atoms with van der Waals surface area (Å²) in [5.74, 6) is 0.162. The molecule has 2 heterocycles. The first-order chi connectivity index (χ1) is 25.9. The van der Waals surface area contributed by atoms with Crippen LogP contribution >= 0.6 is 0 Å². The predicted molar refractivity (Wildman–Crippen MR) is 200 cm³/mol. The number of nitrogens with two attached hydrogens (primary N) is 1. The van der Waals surface area contributed by atoms with Crippen molar-refractivity contribution in [2.75, 3.05) is 10.8 Å². The summed E-state index contributed by atoms with van der Waals surface area (Å²) in [6.07, 6.45) is -3.01. The lowest BCUT2D eigenvalue weighted by atomic mass is 9.75. The second kappa shape index (κ2) is 14.4. The van der Waals surface area contributed by atoms with E-state index in [1.165, 1.54) is 36.4 Å². The van der Waals surface area contributed by atoms with Crippen molar-refractivity contribution < 1.29 is 49.6 Å². The molecule has 9 nitrogen and oxygen atoms in total. The topological polar surface area (TPSA) is 127 Å². The fourth-order valence-corrected chi connectivity index (χ4v) is 7.28. The zero-order valence-corrected chi connectivity index (χ0v) is 31.3. The van der Waals surface area contributed by atoms with E-state index in [4.69, 9.17) is 24.2 Å². The molecule has 1 unspecified atom stereocenters. The van der Waals surface area contributed by atoms with Gasteiger partial charge < -0.3 is 33.1 Å². The second-order valence-corrected chi connectivity index (χ2v) is 15.8. The molecule has 5 aromatic rings. The Hall–Kier alpha value is -4.70. The lowest BCUT2D eigenvalue weighted by molar-refractivity contribution is -0.136. The highest BCUT2D eigenvalue weighted by molar-refractivity contribution is 7.80. The quantitative estimate of drug-likeness (QED) is 0.0771. The number of alkyl halides is 3. The van der Waals surface area contributed by atoms with Crippen LogP contribution in [0.5, 0.6) is 11.5 Å². The molecule has 0 spiro atoms. The summed E-state index contributed by atoms with van der Waals surface area (Å²) in [6.45, 7) is 6.85. The van der Waals surface area contributed by atoms with Gasteiger partial charge >= 0.3 is 13.3 Å². The fraction of sp³-hybridized carbons (Fsp3) is 0.325. The largest absolute Gasteiger partial charge is 0.755 e. The van der Waals surface area contributed by atoms with Crippen LogP contribution < -0.4 is 20.2 Å². The lowest BCUT2D eigenvalue weighted by Gasteiger charge is -2.32. The summed E-state index contributed by atoms with van der Waals surface area (Å²) in [5.41, 5.74) is 5.51. The average Bonchev–Trinajstić information content (AvgIpc) is 3.85. The van der Waals surface area contributed by atoms with Crippen molar-refractivity contribution in [3.63, 3.8) is 0 Å². The smallest absolute Gasteiger partial charge is 0.495 e. The normalized spacial score (nSPS) is 17.1. The summed E-state index contributed by atoms with van der Waals surface area (Å²) in [5, 5.41) is 0.439.